The van der Waals surface area contributed by atoms with E-state index in [9.17, 15) is 9.59 Å². The van der Waals surface area contributed by atoms with E-state index in [0.717, 1.165) is 0 Å². The van der Waals surface area contributed by atoms with Gasteiger partial charge in [0.15, 0.2) is 10.9 Å². The molecule has 10 heteroatoms. The first kappa shape index (κ1) is 21.6. The van der Waals surface area contributed by atoms with Crippen molar-refractivity contribution in [2.75, 3.05) is 12.4 Å². The third-order valence-electron chi connectivity index (χ3n) is 3.95. The van der Waals surface area contributed by atoms with Crippen LogP contribution in [0.2, 0.25) is 10.0 Å². The molecule has 0 spiro atoms. The van der Waals surface area contributed by atoms with Gasteiger partial charge in [0.2, 0.25) is 0 Å². The number of carboxylic acids is 1. The van der Waals surface area contributed by atoms with E-state index in [4.69, 9.17) is 49.7 Å². The molecule has 7 nitrogen and oxygen atoms in total. The Kier molecular flexibility index (Phi) is 6.61. The van der Waals surface area contributed by atoms with Crippen molar-refractivity contribution in [3.63, 3.8) is 0 Å². The fraction of sp³-hybridized carbons (Fsp3) is 0.0500. The molecule has 154 valence electrons. The molecule has 0 aliphatic rings. The van der Waals surface area contributed by atoms with Crippen LogP contribution in [0.15, 0.2) is 52.9 Å². The first-order chi connectivity index (χ1) is 14.3. The van der Waals surface area contributed by atoms with Crippen molar-refractivity contribution in [3.8, 4) is 17.1 Å². The van der Waals surface area contributed by atoms with E-state index < -0.39 is 11.9 Å². The molecular weight excluding hydrogens is 451 g/mol. The van der Waals surface area contributed by atoms with Gasteiger partial charge in [-0.1, -0.05) is 23.2 Å². The van der Waals surface area contributed by atoms with Crippen LogP contribution in [0.25, 0.3) is 11.3 Å². The standard InChI is InChI=1S/C20H14Cl2N2O5S/c1-28-16-5-2-10(19(26)27)8-14(16)23-20(30)24-18(25)17-7-6-15(29-17)12-9-11(21)3-4-13(12)22/h2-9H,1H3,(H,26,27)(H2,23,24,25,30). The number of thiocarbonyl (C=S) groups is 1. The number of hydrogen-bond donors (Lipinski definition) is 3. The molecule has 3 aromatic rings. The van der Waals surface area contributed by atoms with E-state index in [1.807, 2.05) is 0 Å². The average Bonchev–Trinajstić information content (AvgIpc) is 3.19. The summed E-state index contributed by atoms with van der Waals surface area (Å²) in [5, 5.41) is 15.2. The number of carbonyl (C=O) groups excluding carboxylic acids is 1. The summed E-state index contributed by atoms with van der Waals surface area (Å²) >= 11 is 17.3. The summed E-state index contributed by atoms with van der Waals surface area (Å²) in [5.74, 6) is -1.00. The number of carbonyl (C=O) groups is 2. The lowest BCUT2D eigenvalue weighted by atomic mass is 10.2. The van der Waals surface area contributed by atoms with Crippen molar-refractivity contribution in [1.82, 2.24) is 5.32 Å². The van der Waals surface area contributed by atoms with Gasteiger partial charge in [-0.05, 0) is 60.7 Å². The maximum atomic E-state index is 12.5. The van der Waals surface area contributed by atoms with E-state index in [2.05, 4.69) is 10.6 Å². The predicted octanol–water partition coefficient (Wildman–Crippen LogP) is 5.09. The Morgan fingerprint density at radius 3 is 2.57 bits per heavy atom. The van der Waals surface area contributed by atoms with E-state index >= 15 is 0 Å². The lowest BCUT2D eigenvalue weighted by Gasteiger charge is -2.13. The summed E-state index contributed by atoms with van der Waals surface area (Å²) in [6.45, 7) is 0. The molecule has 0 aliphatic heterocycles. The first-order valence-corrected chi connectivity index (χ1v) is 9.54. The number of ether oxygens (including phenoxy) is 1. The van der Waals surface area contributed by atoms with Crippen molar-refractivity contribution in [2.24, 2.45) is 0 Å². The normalized spacial score (nSPS) is 10.4. The number of rotatable bonds is 5. The highest BCUT2D eigenvalue weighted by Gasteiger charge is 2.17. The van der Waals surface area contributed by atoms with Crippen LogP contribution in [0.4, 0.5) is 5.69 Å². The molecule has 0 unspecified atom stereocenters. The number of hydrogen-bond acceptors (Lipinski definition) is 5. The van der Waals surface area contributed by atoms with Crippen LogP contribution in [0.5, 0.6) is 5.75 Å². The number of benzene rings is 2. The van der Waals surface area contributed by atoms with Gasteiger partial charge in [0.05, 0.1) is 23.4 Å². The van der Waals surface area contributed by atoms with Crippen LogP contribution in [-0.4, -0.2) is 29.2 Å². The number of furan rings is 1. The van der Waals surface area contributed by atoms with E-state index in [-0.39, 0.29) is 22.1 Å². The van der Waals surface area contributed by atoms with Gasteiger partial charge in [-0.2, -0.15) is 0 Å². The second-order valence-corrected chi connectivity index (χ2v) is 7.17. The maximum absolute atomic E-state index is 12.5. The molecule has 3 rings (SSSR count). The van der Waals surface area contributed by atoms with Crippen LogP contribution in [0.1, 0.15) is 20.9 Å². The average molecular weight is 465 g/mol. The van der Waals surface area contributed by atoms with Gasteiger partial charge in [0.1, 0.15) is 11.5 Å². The van der Waals surface area contributed by atoms with E-state index in [1.54, 1.807) is 24.3 Å². The minimum absolute atomic E-state index is 0.00329. The Morgan fingerprint density at radius 1 is 1.10 bits per heavy atom. The zero-order valence-electron chi connectivity index (χ0n) is 15.4. The highest BCUT2D eigenvalue weighted by molar-refractivity contribution is 7.80. The lowest BCUT2D eigenvalue weighted by Crippen LogP contribution is -2.34. The number of anilines is 1. The third kappa shape index (κ3) is 4.91. The van der Waals surface area contributed by atoms with Crippen molar-refractivity contribution in [3.05, 3.63) is 69.9 Å². The van der Waals surface area contributed by atoms with Gasteiger partial charge in [-0.3, -0.25) is 10.1 Å². The largest absolute Gasteiger partial charge is 0.495 e. The van der Waals surface area contributed by atoms with Crippen LogP contribution < -0.4 is 15.4 Å². The highest BCUT2D eigenvalue weighted by atomic mass is 35.5. The number of carboxylic acid groups (broad SMARTS) is 1. The molecule has 0 saturated heterocycles. The zero-order chi connectivity index (χ0) is 21.8. The molecule has 0 atom stereocenters. The molecule has 3 N–H and O–H groups in total. The van der Waals surface area contributed by atoms with Crippen molar-refractivity contribution < 1.29 is 23.8 Å². The number of aromatic carboxylic acids is 1. The zero-order valence-corrected chi connectivity index (χ0v) is 17.7. The van der Waals surface area contributed by atoms with Crippen LogP contribution in [-0.2, 0) is 0 Å². The second kappa shape index (κ2) is 9.17. The van der Waals surface area contributed by atoms with Crippen LogP contribution >= 0.6 is 35.4 Å². The van der Waals surface area contributed by atoms with Gasteiger partial charge < -0.3 is 19.6 Å². The number of methoxy groups -OCH3 is 1. The Bertz CT molecular complexity index is 1150. The van der Waals surface area contributed by atoms with Gasteiger partial charge in [-0.15, -0.1) is 0 Å². The fourth-order valence-electron chi connectivity index (χ4n) is 2.55. The number of nitrogens with one attached hydrogen (secondary N) is 2. The summed E-state index contributed by atoms with van der Waals surface area (Å²) < 4.78 is 10.7. The summed E-state index contributed by atoms with van der Waals surface area (Å²) in [4.78, 5) is 23.6. The van der Waals surface area contributed by atoms with Crippen molar-refractivity contribution in [1.29, 1.82) is 0 Å². The van der Waals surface area contributed by atoms with Gasteiger partial charge >= 0.3 is 5.97 Å². The van der Waals surface area contributed by atoms with Crippen molar-refractivity contribution in [2.45, 2.75) is 0 Å². The molecule has 0 fully saturated rings. The summed E-state index contributed by atoms with van der Waals surface area (Å²) in [5.41, 5.74) is 0.856. The van der Waals surface area contributed by atoms with Crippen LogP contribution in [0.3, 0.4) is 0 Å². The summed E-state index contributed by atoms with van der Waals surface area (Å²) in [6.07, 6.45) is 0. The maximum Gasteiger partial charge on any atom is 0.335 e. The molecule has 1 amide bonds. The molecular formula is C20H14Cl2N2O5S. The molecule has 1 heterocycles. The van der Waals surface area contributed by atoms with Gasteiger partial charge in [-0.25, -0.2) is 4.79 Å². The predicted molar refractivity (Wildman–Crippen MR) is 118 cm³/mol. The minimum atomic E-state index is -1.11. The fourth-order valence-corrected chi connectivity index (χ4v) is 3.13. The smallest absolute Gasteiger partial charge is 0.335 e. The number of amides is 1. The lowest BCUT2D eigenvalue weighted by molar-refractivity contribution is 0.0696. The molecule has 0 saturated carbocycles. The Hall–Kier alpha value is -3.07. The first-order valence-electron chi connectivity index (χ1n) is 8.37. The SMILES string of the molecule is COc1ccc(C(=O)O)cc1NC(=S)NC(=O)c1ccc(-c2cc(Cl)ccc2Cl)o1. The molecule has 0 aliphatic carbocycles. The van der Waals surface area contributed by atoms with Gasteiger partial charge in [0, 0.05) is 10.6 Å². The topological polar surface area (TPSA) is 101 Å². The van der Waals surface area contributed by atoms with E-state index in [1.165, 1.54) is 31.4 Å². The minimum Gasteiger partial charge on any atom is -0.495 e. The molecule has 1 aromatic heterocycles. The van der Waals surface area contributed by atoms with Crippen LogP contribution in [0, 0.1) is 0 Å². The Morgan fingerprint density at radius 2 is 1.87 bits per heavy atom. The van der Waals surface area contributed by atoms with Crippen molar-refractivity contribution >= 4 is 58.1 Å². The molecule has 0 radical (unpaired) electrons. The Labute approximate surface area is 186 Å². The monoisotopic (exact) mass is 464 g/mol. The molecule has 2 aromatic carbocycles. The summed E-state index contributed by atoms with van der Waals surface area (Å²) in [7, 11) is 1.42. The Balaban J connectivity index is 1.73. The quantitative estimate of drug-likeness (QED) is 0.452. The number of halogens is 2. The van der Waals surface area contributed by atoms with Gasteiger partial charge in [0.25, 0.3) is 5.91 Å². The molecule has 30 heavy (non-hydrogen) atoms. The summed E-state index contributed by atoms with van der Waals surface area (Å²) in [6, 6.07) is 12.1. The van der Waals surface area contributed by atoms with E-state index in [0.29, 0.717) is 27.1 Å². The third-order valence-corrected chi connectivity index (χ3v) is 4.71. The molecule has 0 bridgehead atoms. The second-order valence-electron chi connectivity index (χ2n) is 5.92. The highest BCUT2D eigenvalue weighted by Crippen LogP contribution is 2.32.